The van der Waals surface area contributed by atoms with Crippen molar-refractivity contribution in [1.82, 2.24) is 0 Å². The molecule has 26 heavy (non-hydrogen) atoms. The maximum absolute atomic E-state index is 10.8. The third-order valence-corrected chi connectivity index (χ3v) is 6.23. The minimum atomic E-state index is -4.05. The first-order valence-electron chi connectivity index (χ1n) is 11.2. The van der Waals surface area contributed by atoms with Crippen LogP contribution in [0.15, 0.2) is 0 Å². The fourth-order valence-corrected chi connectivity index (χ4v) is 3.86. The van der Waals surface area contributed by atoms with E-state index in [9.17, 15) is 8.42 Å². The van der Waals surface area contributed by atoms with Gasteiger partial charge in [0.2, 0.25) is 0 Å². The summed E-state index contributed by atoms with van der Waals surface area (Å²) in [4.78, 5) is 0. The van der Waals surface area contributed by atoms with Gasteiger partial charge in [0.25, 0.3) is 10.1 Å². The summed E-state index contributed by atoms with van der Waals surface area (Å²) in [6.07, 6.45) is 23.9. The second-order valence-corrected chi connectivity index (χ2v) is 9.49. The molecule has 0 bridgehead atoms. The summed E-state index contributed by atoms with van der Waals surface area (Å²) in [5, 5.41) is -1.11. The third-order valence-electron chi connectivity index (χ3n) is 5.22. The highest BCUT2D eigenvalue weighted by atomic mass is 32.2. The molecule has 1 atom stereocenters. The van der Waals surface area contributed by atoms with E-state index in [2.05, 4.69) is 6.92 Å². The molecule has 0 spiro atoms. The van der Waals surface area contributed by atoms with Crippen molar-refractivity contribution in [2.45, 2.75) is 134 Å². The Balaban J connectivity index is 3.11. The Morgan fingerprint density at radius 2 is 0.885 bits per heavy atom. The van der Waals surface area contributed by atoms with Gasteiger partial charge in [-0.25, -0.2) is 0 Å². The van der Waals surface area contributed by atoms with Crippen molar-refractivity contribution in [3.63, 3.8) is 0 Å². The van der Waals surface area contributed by atoms with Crippen LogP contribution in [0.5, 0.6) is 0 Å². The van der Waals surface area contributed by atoms with E-state index in [0.29, 0.717) is 6.42 Å². The first-order valence-corrected chi connectivity index (χ1v) is 12.7. The molecule has 1 unspecified atom stereocenters. The van der Waals surface area contributed by atoms with Crippen LogP contribution in [0, 0.1) is 0 Å². The lowest BCUT2D eigenvalue weighted by molar-refractivity contribution is 0.457. The highest BCUT2D eigenvalue weighted by Crippen LogP contribution is 2.15. The molecule has 0 aliphatic carbocycles. The Bertz CT molecular complexity index is 385. The van der Waals surface area contributed by atoms with Gasteiger partial charge >= 0.3 is 0 Å². The smallest absolute Gasteiger partial charge is 0.280 e. The average Bonchev–Trinajstić information content (AvgIpc) is 2.59. The topological polar surface area (TPSA) is 80.4 Å². The summed E-state index contributed by atoms with van der Waals surface area (Å²) in [6.45, 7) is 2.27. The molecule has 0 aliphatic heterocycles. The van der Waals surface area contributed by atoms with Crippen LogP contribution in [0.25, 0.3) is 0 Å². The van der Waals surface area contributed by atoms with E-state index in [1.54, 1.807) is 0 Å². The monoisotopic (exact) mass is 391 g/mol. The summed E-state index contributed by atoms with van der Waals surface area (Å²) in [5.74, 6) is 0. The van der Waals surface area contributed by atoms with Gasteiger partial charge in [-0.05, 0) is 6.42 Å². The molecule has 5 heteroatoms. The fraction of sp³-hybridized carbons (Fsp3) is 1.00. The molecule has 0 aromatic rings. The van der Waals surface area contributed by atoms with E-state index < -0.39 is 15.5 Å². The van der Waals surface area contributed by atoms with Crippen molar-refractivity contribution in [3.05, 3.63) is 0 Å². The molecule has 0 heterocycles. The van der Waals surface area contributed by atoms with Crippen molar-refractivity contribution < 1.29 is 13.0 Å². The van der Waals surface area contributed by atoms with Crippen molar-refractivity contribution in [2.24, 2.45) is 5.73 Å². The Morgan fingerprint density at radius 3 is 1.15 bits per heavy atom. The van der Waals surface area contributed by atoms with Gasteiger partial charge in [-0.15, -0.1) is 0 Å². The zero-order chi connectivity index (χ0) is 19.5. The highest BCUT2D eigenvalue weighted by molar-refractivity contribution is 7.86. The van der Waals surface area contributed by atoms with E-state index >= 15 is 0 Å². The molecule has 0 aromatic carbocycles. The zero-order valence-corrected chi connectivity index (χ0v) is 18.1. The lowest BCUT2D eigenvalue weighted by Crippen LogP contribution is -2.29. The molecule has 0 aliphatic rings. The van der Waals surface area contributed by atoms with E-state index in [4.69, 9.17) is 10.3 Å². The second-order valence-electron chi connectivity index (χ2n) is 7.85. The molecule has 158 valence electrons. The van der Waals surface area contributed by atoms with Gasteiger partial charge in [0.05, 0.1) is 0 Å². The van der Waals surface area contributed by atoms with Gasteiger partial charge in [0, 0.05) is 0 Å². The molecular weight excluding hydrogens is 346 g/mol. The van der Waals surface area contributed by atoms with Crippen LogP contribution in [0.4, 0.5) is 0 Å². The Kier molecular flexibility index (Phi) is 18.2. The summed E-state index contributed by atoms with van der Waals surface area (Å²) in [5.41, 5.74) is 5.38. The third kappa shape index (κ3) is 18.7. The first kappa shape index (κ1) is 25.9. The predicted molar refractivity (Wildman–Crippen MR) is 113 cm³/mol. The summed E-state index contributed by atoms with van der Waals surface area (Å²) < 4.78 is 30.3. The van der Waals surface area contributed by atoms with Crippen LogP contribution < -0.4 is 5.73 Å². The molecule has 0 saturated carbocycles. The highest BCUT2D eigenvalue weighted by Gasteiger charge is 2.16. The lowest BCUT2D eigenvalue weighted by atomic mass is 10.0. The molecule has 0 radical (unpaired) electrons. The maximum Gasteiger partial charge on any atom is 0.280 e. The van der Waals surface area contributed by atoms with Crippen LogP contribution in [-0.2, 0) is 10.1 Å². The van der Waals surface area contributed by atoms with Crippen molar-refractivity contribution in [1.29, 1.82) is 0 Å². The number of hydrogen-bond donors (Lipinski definition) is 2. The van der Waals surface area contributed by atoms with Crippen LogP contribution >= 0.6 is 0 Å². The standard InChI is InChI=1S/C21H45NO3S/c1-2-3-4-5-6-7-8-9-10-11-12-13-14-15-16-17-18-19-20-21(22)26(23,24)25/h21H,2-20,22H2,1H3,(H,23,24,25). The predicted octanol–water partition coefficient (Wildman–Crippen LogP) is 6.59. The summed E-state index contributed by atoms with van der Waals surface area (Å²) >= 11 is 0. The molecule has 3 N–H and O–H groups in total. The summed E-state index contributed by atoms with van der Waals surface area (Å²) in [6, 6.07) is 0. The van der Waals surface area contributed by atoms with Crippen LogP contribution in [0.2, 0.25) is 0 Å². The normalized spacial score (nSPS) is 13.2. The van der Waals surface area contributed by atoms with Gasteiger partial charge < -0.3 is 5.73 Å². The Labute approximate surface area is 163 Å². The Hall–Kier alpha value is -0.130. The van der Waals surface area contributed by atoms with Gasteiger partial charge in [-0.1, -0.05) is 122 Å². The molecule has 4 nitrogen and oxygen atoms in total. The fourth-order valence-electron chi connectivity index (χ4n) is 3.40. The summed E-state index contributed by atoms with van der Waals surface area (Å²) in [7, 11) is -4.05. The van der Waals surface area contributed by atoms with E-state index in [1.165, 1.54) is 96.3 Å². The lowest BCUT2D eigenvalue weighted by Gasteiger charge is -2.07. The van der Waals surface area contributed by atoms with Gasteiger partial charge in [-0.2, -0.15) is 8.42 Å². The maximum atomic E-state index is 10.8. The number of rotatable bonds is 20. The van der Waals surface area contributed by atoms with Crippen LogP contribution in [0.3, 0.4) is 0 Å². The number of unbranched alkanes of at least 4 members (excludes halogenated alkanes) is 17. The second kappa shape index (κ2) is 18.2. The van der Waals surface area contributed by atoms with Crippen molar-refractivity contribution >= 4 is 10.1 Å². The SMILES string of the molecule is CCCCCCCCCCCCCCCCCCCCC(N)S(=O)(=O)O. The average molecular weight is 392 g/mol. The number of hydrogen-bond acceptors (Lipinski definition) is 3. The van der Waals surface area contributed by atoms with E-state index in [-0.39, 0.29) is 0 Å². The van der Waals surface area contributed by atoms with Gasteiger partial charge in [-0.3, -0.25) is 4.55 Å². The Morgan fingerprint density at radius 1 is 0.615 bits per heavy atom. The minimum Gasteiger partial charge on any atom is -0.313 e. The largest absolute Gasteiger partial charge is 0.313 e. The van der Waals surface area contributed by atoms with E-state index in [0.717, 1.165) is 19.3 Å². The molecule has 0 aromatic heterocycles. The van der Waals surface area contributed by atoms with Crippen LogP contribution in [-0.4, -0.2) is 18.3 Å². The first-order chi connectivity index (χ1) is 12.5. The quantitative estimate of drug-likeness (QED) is 0.181. The van der Waals surface area contributed by atoms with E-state index in [1.807, 2.05) is 0 Å². The minimum absolute atomic E-state index is 0.359. The molecule has 0 amide bonds. The zero-order valence-electron chi connectivity index (χ0n) is 17.3. The molecule has 0 saturated heterocycles. The molecule has 0 rings (SSSR count). The van der Waals surface area contributed by atoms with Gasteiger partial charge in [0.15, 0.2) is 0 Å². The number of nitrogens with two attached hydrogens (primary N) is 1. The van der Waals surface area contributed by atoms with Crippen molar-refractivity contribution in [2.75, 3.05) is 0 Å². The van der Waals surface area contributed by atoms with Crippen molar-refractivity contribution in [3.8, 4) is 0 Å². The molecule has 0 fully saturated rings. The van der Waals surface area contributed by atoms with Gasteiger partial charge in [0.1, 0.15) is 5.37 Å². The van der Waals surface area contributed by atoms with Crippen LogP contribution in [0.1, 0.15) is 129 Å². The molecular formula is C21H45NO3S.